The van der Waals surface area contributed by atoms with Crippen molar-refractivity contribution in [3.63, 3.8) is 0 Å². The van der Waals surface area contributed by atoms with Gasteiger partial charge in [-0.1, -0.05) is 20.8 Å². The molecule has 7 atom stereocenters. The highest BCUT2D eigenvalue weighted by molar-refractivity contribution is 4.96. The van der Waals surface area contributed by atoms with Gasteiger partial charge in [0, 0.05) is 12.0 Å². The van der Waals surface area contributed by atoms with E-state index in [0.29, 0.717) is 30.1 Å². The maximum absolute atomic E-state index is 6.07. The fraction of sp³-hybridized carbons (Fsp3) is 1.00. The van der Waals surface area contributed by atoms with Crippen LogP contribution in [0, 0.1) is 29.6 Å². The summed E-state index contributed by atoms with van der Waals surface area (Å²) in [6.07, 6.45) is 5.00. The van der Waals surface area contributed by atoms with Crippen molar-refractivity contribution < 1.29 is 4.74 Å². The Bertz CT molecular complexity index is 283. The van der Waals surface area contributed by atoms with Crippen molar-refractivity contribution in [2.24, 2.45) is 29.6 Å². The van der Waals surface area contributed by atoms with E-state index in [4.69, 9.17) is 4.74 Å². The van der Waals surface area contributed by atoms with Crippen molar-refractivity contribution >= 4 is 0 Å². The fourth-order valence-corrected chi connectivity index (χ4v) is 4.96. The van der Waals surface area contributed by atoms with E-state index in [0.717, 1.165) is 17.8 Å². The molecule has 2 heteroatoms. The smallest absolute Gasteiger partial charge is 0.0597 e. The molecule has 1 N–H and O–H groups in total. The average Bonchev–Trinajstić information content (AvgIpc) is 2.56. The highest BCUT2D eigenvalue weighted by Gasteiger charge is 2.44. The van der Waals surface area contributed by atoms with Crippen LogP contribution >= 0.6 is 0 Å². The summed E-state index contributed by atoms with van der Waals surface area (Å²) in [6.45, 7) is 11.7. The van der Waals surface area contributed by atoms with E-state index >= 15 is 0 Å². The first-order valence-corrected chi connectivity index (χ1v) is 8.26. The van der Waals surface area contributed by atoms with Crippen LogP contribution in [0.1, 0.15) is 53.9 Å². The summed E-state index contributed by atoms with van der Waals surface area (Å²) >= 11 is 0. The Hall–Kier alpha value is -0.0800. The first kappa shape index (κ1) is 15.3. The second-order valence-electron chi connectivity index (χ2n) is 7.47. The molecule has 2 fully saturated rings. The third kappa shape index (κ3) is 3.16. The normalized spacial score (nSPS) is 49.3. The molecule has 0 bridgehead atoms. The van der Waals surface area contributed by atoms with Crippen LogP contribution < -0.4 is 5.32 Å². The van der Waals surface area contributed by atoms with Crippen molar-refractivity contribution in [3.05, 3.63) is 0 Å². The van der Waals surface area contributed by atoms with Crippen molar-refractivity contribution in [1.29, 1.82) is 0 Å². The molecule has 0 aromatic carbocycles. The van der Waals surface area contributed by atoms with E-state index in [9.17, 15) is 0 Å². The molecule has 1 saturated heterocycles. The number of rotatable bonds is 3. The highest BCUT2D eigenvalue weighted by atomic mass is 16.5. The lowest BCUT2D eigenvalue weighted by Crippen LogP contribution is -2.47. The van der Waals surface area contributed by atoms with Gasteiger partial charge in [-0.15, -0.1) is 0 Å². The molecule has 1 heterocycles. The monoisotopic (exact) mass is 267 g/mol. The topological polar surface area (TPSA) is 21.3 Å². The predicted molar refractivity (Wildman–Crippen MR) is 81.2 cm³/mol. The van der Waals surface area contributed by atoms with Gasteiger partial charge in [0.1, 0.15) is 0 Å². The number of hydrogen-bond donors (Lipinski definition) is 1. The molecule has 0 radical (unpaired) electrons. The third-order valence-corrected chi connectivity index (χ3v) is 5.79. The molecular formula is C17H33NO. The molecule has 0 spiro atoms. The molecule has 2 nitrogen and oxygen atoms in total. The van der Waals surface area contributed by atoms with Crippen molar-refractivity contribution in [3.8, 4) is 0 Å². The van der Waals surface area contributed by atoms with Crippen LogP contribution in [-0.2, 0) is 4.74 Å². The first-order chi connectivity index (χ1) is 8.93. The molecular weight excluding hydrogens is 234 g/mol. The zero-order valence-electron chi connectivity index (χ0n) is 13.6. The van der Waals surface area contributed by atoms with Crippen LogP contribution in [0.15, 0.2) is 0 Å². The van der Waals surface area contributed by atoms with Crippen LogP contribution in [0.5, 0.6) is 0 Å². The fourth-order valence-electron chi connectivity index (χ4n) is 4.96. The minimum Gasteiger partial charge on any atom is -0.375 e. The summed E-state index contributed by atoms with van der Waals surface area (Å²) in [5, 5.41) is 3.66. The van der Waals surface area contributed by atoms with Gasteiger partial charge >= 0.3 is 0 Å². The van der Waals surface area contributed by atoms with Crippen LogP contribution in [0.3, 0.4) is 0 Å². The predicted octanol–water partition coefficient (Wildman–Crippen LogP) is 3.71. The second kappa shape index (κ2) is 6.13. The van der Waals surface area contributed by atoms with Crippen molar-refractivity contribution in [2.45, 2.75) is 72.1 Å². The summed E-state index contributed by atoms with van der Waals surface area (Å²) in [6, 6.07) is 0.625. The largest absolute Gasteiger partial charge is 0.375 e. The van der Waals surface area contributed by atoms with Gasteiger partial charge in [0.05, 0.1) is 12.2 Å². The number of ether oxygens (including phenoxy) is 1. The maximum Gasteiger partial charge on any atom is 0.0597 e. The Labute approximate surface area is 119 Å². The highest BCUT2D eigenvalue weighted by Crippen LogP contribution is 2.42. The van der Waals surface area contributed by atoms with E-state index in [1.807, 2.05) is 0 Å². The molecule has 2 aliphatic rings. The molecule has 112 valence electrons. The SMILES string of the molecule is CNC(C1CC(C)CC(C)C1)C1C(C)OC(C)C1C. The van der Waals surface area contributed by atoms with Gasteiger partial charge < -0.3 is 10.1 Å². The van der Waals surface area contributed by atoms with Gasteiger partial charge in [0.25, 0.3) is 0 Å². The van der Waals surface area contributed by atoms with E-state index in [-0.39, 0.29) is 0 Å². The Morgan fingerprint density at radius 3 is 1.89 bits per heavy atom. The molecule has 1 aliphatic carbocycles. The minimum absolute atomic E-state index is 0.398. The lowest BCUT2D eigenvalue weighted by molar-refractivity contribution is 0.0406. The summed E-state index contributed by atoms with van der Waals surface area (Å²) in [5.74, 6) is 3.93. The quantitative estimate of drug-likeness (QED) is 0.842. The molecule has 7 unspecified atom stereocenters. The van der Waals surface area contributed by atoms with Crippen molar-refractivity contribution in [2.75, 3.05) is 7.05 Å². The molecule has 1 aliphatic heterocycles. The third-order valence-electron chi connectivity index (χ3n) is 5.79. The summed E-state index contributed by atoms with van der Waals surface area (Å²) in [5.41, 5.74) is 0. The van der Waals surface area contributed by atoms with Gasteiger partial charge in [-0.3, -0.25) is 0 Å². The Morgan fingerprint density at radius 1 is 0.895 bits per heavy atom. The zero-order valence-corrected chi connectivity index (χ0v) is 13.6. The molecule has 1 saturated carbocycles. The maximum atomic E-state index is 6.07. The van der Waals surface area contributed by atoms with Crippen LogP contribution in [0.4, 0.5) is 0 Å². The summed E-state index contributed by atoms with van der Waals surface area (Å²) in [4.78, 5) is 0. The molecule has 2 rings (SSSR count). The van der Waals surface area contributed by atoms with Gasteiger partial charge in [-0.05, 0) is 63.8 Å². The van der Waals surface area contributed by atoms with Gasteiger partial charge in [0.2, 0.25) is 0 Å². The first-order valence-electron chi connectivity index (χ1n) is 8.26. The summed E-state index contributed by atoms with van der Waals surface area (Å²) < 4.78 is 6.07. The number of hydrogen-bond acceptors (Lipinski definition) is 2. The van der Waals surface area contributed by atoms with E-state index in [1.54, 1.807) is 0 Å². The van der Waals surface area contributed by atoms with Gasteiger partial charge in [-0.25, -0.2) is 0 Å². The molecule has 0 aromatic heterocycles. The zero-order chi connectivity index (χ0) is 14.2. The number of nitrogens with one attached hydrogen (secondary N) is 1. The summed E-state index contributed by atoms with van der Waals surface area (Å²) in [7, 11) is 2.15. The van der Waals surface area contributed by atoms with Crippen LogP contribution in [0.25, 0.3) is 0 Å². The van der Waals surface area contributed by atoms with E-state index < -0.39 is 0 Å². The van der Waals surface area contributed by atoms with Crippen LogP contribution in [0.2, 0.25) is 0 Å². The Kier molecular flexibility index (Phi) is 4.94. The average molecular weight is 267 g/mol. The van der Waals surface area contributed by atoms with Crippen molar-refractivity contribution in [1.82, 2.24) is 5.32 Å². The minimum atomic E-state index is 0.398. The lowest BCUT2D eigenvalue weighted by Gasteiger charge is -2.41. The van der Waals surface area contributed by atoms with E-state index in [2.05, 4.69) is 47.0 Å². The lowest BCUT2D eigenvalue weighted by atomic mass is 9.68. The molecule has 19 heavy (non-hydrogen) atoms. The molecule has 0 aromatic rings. The molecule has 0 amide bonds. The van der Waals surface area contributed by atoms with E-state index in [1.165, 1.54) is 19.3 Å². The van der Waals surface area contributed by atoms with Gasteiger partial charge in [-0.2, -0.15) is 0 Å². The Balaban J connectivity index is 2.10. The van der Waals surface area contributed by atoms with Gasteiger partial charge in [0.15, 0.2) is 0 Å². The second-order valence-corrected chi connectivity index (χ2v) is 7.47. The van der Waals surface area contributed by atoms with Crippen LogP contribution in [-0.4, -0.2) is 25.3 Å². The Morgan fingerprint density at radius 2 is 1.47 bits per heavy atom. The standard InChI is InChI=1S/C17H33NO/c1-10-7-11(2)9-15(8-10)17(18-6)16-12(3)13(4)19-14(16)5/h10-18H,7-9H2,1-6H3.